The molecule has 6 heteroatoms. The number of thiazole rings is 1. The second-order valence-electron chi connectivity index (χ2n) is 4.21. The van der Waals surface area contributed by atoms with Gasteiger partial charge < -0.3 is 5.11 Å². The zero-order chi connectivity index (χ0) is 13.4. The quantitative estimate of drug-likeness (QED) is 0.794. The molecule has 0 spiro atoms. The molecule has 1 atom stereocenters. The maximum absolute atomic E-state index is 10.3. The number of halogens is 2. The molecule has 0 radical (unpaired) electrons. The van der Waals surface area contributed by atoms with E-state index in [1.165, 1.54) is 0 Å². The lowest BCUT2D eigenvalue weighted by molar-refractivity contribution is 0.177. The van der Waals surface area contributed by atoms with Crippen LogP contribution in [0.2, 0.25) is 10.0 Å². The van der Waals surface area contributed by atoms with Crippen molar-refractivity contribution in [3.63, 3.8) is 0 Å². The van der Waals surface area contributed by atoms with E-state index in [0.717, 1.165) is 10.7 Å². The molecular formula is C13H10Cl2N2OS. The molecule has 0 bridgehead atoms. The van der Waals surface area contributed by atoms with Gasteiger partial charge in [0.25, 0.3) is 0 Å². The minimum Gasteiger partial charge on any atom is -0.388 e. The molecule has 1 unspecified atom stereocenters. The number of benzene rings is 1. The molecule has 98 valence electrons. The van der Waals surface area contributed by atoms with Crippen LogP contribution in [0.3, 0.4) is 0 Å². The highest BCUT2D eigenvalue weighted by Gasteiger charge is 2.15. The summed E-state index contributed by atoms with van der Waals surface area (Å²) in [4.78, 5) is 5.35. The normalized spacial score (nSPS) is 13.0. The van der Waals surface area contributed by atoms with Crippen molar-refractivity contribution in [3.05, 3.63) is 57.3 Å². The number of fused-ring (bicyclic) bond motifs is 1. The largest absolute Gasteiger partial charge is 0.388 e. The Morgan fingerprint density at radius 1 is 1.37 bits per heavy atom. The zero-order valence-corrected chi connectivity index (χ0v) is 12.1. The fraction of sp³-hybridized carbons (Fsp3) is 0.154. The van der Waals surface area contributed by atoms with Gasteiger partial charge in [0.05, 0.1) is 11.8 Å². The Kier molecular flexibility index (Phi) is 3.50. The summed E-state index contributed by atoms with van der Waals surface area (Å²) in [6, 6.07) is 5.08. The summed E-state index contributed by atoms with van der Waals surface area (Å²) >= 11 is 13.6. The van der Waals surface area contributed by atoms with Crippen molar-refractivity contribution in [1.29, 1.82) is 0 Å². The average Bonchev–Trinajstić information content (AvgIpc) is 2.92. The Morgan fingerprint density at radius 3 is 3.00 bits per heavy atom. The van der Waals surface area contributed by atoms with E-state index >= 15 is 0 Å². The number of aliphatic hydroxyl groups excluding tert-OH is 1. The zero-order valence-electron chi connectivity index (χ0n) is 9.75. The molecule has 0 aliphatic carbocycles. The highest BCUT2D eigenvalue weighted by molar-refractivity contribution is 7.15. The van der Waals surface area contributed by atoms with Crippen molar-refractivity contribution in [2.24, 2.45) is 0 Å². The molecular weight excluding hydrogens is 303 g/mol. The highest BCUT2D eigenvalue weighted by atomic mass is 35.5. The van der Waals surface area contributed by atoms with Gasteiger partial charge in [-0.15, -0.1) is 11.3 Å². The summed E-state index contributed by atoms with van der Waals surface area (Å²) in [6.45, 7) is 0. The molecule has 0 fully saturated rings. The SMILES string of the molecule is OC(Cc1cn2ccsc2n1)c1cc(Cl)ccc1Cl. The summed E-state index contributed by atoms with van der Waals surface area (Å²) in [5, 5.41) is 13.3. The first-order chi connectivity index (χ1) is 9.13. The maximum Gasteiger partial charge on any atom is 0.193 e. The molecule has 3 aromatic rings. The van der Waals surface area contributed by atoms with Gasteiger partial charge in [-0.1, -0.05) is 23.2 Å². The van der Waals surface area contributed by atoms with E-state index in [2.05, 4.69) is 4.98 Å². The average molecular weight is 313 g/mol. The van der Waals surface area contributed by atoms with E-state index in [1.807, 2.05) is 22.2 Å². The van der Waals surface area contributed by atoms with E-state index in [1.54, 1.807) is 29.5 Å². The van der Waals surface area contributed by atoms with E-state index in [4.69, 9.17) is 23.2 Å². The smallest absolute Gasteiger partial charge is 0.193 e. The van der Waals surface area contributed by atoms with Crippen LogP contribution in [0.4, 0.5) is 0 Å². The van der Waals surface area contributed by atoms with Gasteiger partial charge in [-0.25, -0.2) is 4.98 Å². The molecule has 0 saturated carbocycles. The monoisotopic (exact) mass is 312 g/mol. The van der Waals surface area contributed by atoms with Crippen molar-refractivity contribution in [1.82, 2.24) is 9.38 Å². The van der Waals surface area contributed by atoms with Crippen molar-refractivity contribution in [3.8, 4) is 0 Å². The minimum atomic E-state index is -0.712. The molecule has 0 aliphatic heterocycles. The van der Waals surface area contributed by atoms with Crippen LogP contribution in [0.15, 0.2) is 36.0 Å². The molecule has 0 saturated heterocycles. The number of aromatic nitrogens is 2. The molecule has 2 heterocycles. The first-order valence-corrected chi connectivity index (χ1v) is 7.31. The van der Waals surface area contributed by atoms with E-state index in [9.17, 15) is 5.11 Å². The van der Waals surface area contributed by atoms with Crippen LogP contribution in [-0.4, -0.2) is 14.5 Å². The first kappa shape index (κ1) is 12.9. The van der Waals surface area contributed by atoms with Crippen molar-refractivity contribution >= 4 is 39.5 Å². The van der Waals surface area contributed by atoms with Crippen LogP contribution in [0.1, 0.15) is 17.4 Å². The lowest BCUT2D eigenvalue weighted by atomic mass is 10.1. The summed E-state index contributed by atoms with van der Waals surface area (Å²) in [5.41, 5.74) is 1.46. The number of imidazole rings is 1. The van der Waals surface area contributed by atoms with Crippen LogP contribution in [0.5, 0.6) is 0 Å². The number of hydrogen-bond donors (Lipinski definition) is 1. The summed E-state index contributed by atoms with van der Waals surface area (Å²) in [5.74, 6) is 0. The molecule has 19 heavy (non-hydrogen) atoms. The van der Waals surface area contributed by atoms with Crippen LogP contribution >= 0.6 is 34.5 Å². The van der Waals surface area contributed by atoms with Crippen LogP contribution in [0.25, 0.3) is 4.96 Å². The van der Waals surface area contributed by atoms with E-state index < -0.39 is 6.10 Å². The van der Waals surface area contributed by atoms with Crippen LogP contribution in [-0.2, 0) is 6.42 Å². The highest BCUT2D eigenvalue weighted by Crippen LogP contribution is 2.28. The first-order valence-electron chi connectivity index (χ1n) is 5.67. The molecule has 2 aromatic heterocycles. The Hall–Kier alpha value is -1.07. The van der Waals surface area contributed by atoms with Crippen LogP contribution < -0.4 is 0 Å². The van der Waals surface area contributed by atoms with E-state index in [0.29, 0.717) is 22.0 Å². The van der Waals surface area contributed by atoms with Gasteiger partial charge in [-0.05, 0) is 18.2 Å². The topological polar surface area (TPSA) is 37.5 Å². The Balaban J connectivity index is 1.86. The Morgan fingerprint density at radius 2 is 2.21 bits per heavy atom. The fourth-order valence-corrected chi connectivity index (χ4v) is 3.10. The molecule has 0 aliphatic rings. The third-order valence-electron chi connectivity index (χ3n) is 2.86. The summed E-state index contributed by atoms with van der Waals surface area (Å²) in [7, 11) is 0. The van der Waals surface area contributed by atoms with Crippen molar-refractivity contribution in [2.45, 2.75) is 12.5 Å². The number of aliphatic hydroxyl groups is 1. The summed E-state index contributed by atoms with van der Waals surface area (Å²) in [6.07, 6.45) is 3.55. The molecule has 3 rings (SSSR count). The van der Waals surface area contributed by atoms with Crippen molar-refractivity contribution in [2.75, 3.05) is 0 Å². The van der Waals surface area contributed by atoms with E-state index in [-0.39, 0.29) is 0 Å². The lowest BCUT2D eigenvalue weighted by Crippen LogP contribution is -2.03. The third kappa shape index (κ3) is 2.62. The predicted molar refractivity (Wildman–Crippen MR) is 78.2 cm³/mol. The fourth-order valence-electron chi connectivity index (χ4n) is 1.95. The number of rotatable bonds is 3. The van der Waals surface area contributed by atoms with Crippen LogP contribution in [0, 0.1) is 0 Å². The van der Waals surface area contributed by atoms with Gasteiger partial charge >= 0.3 is 0 Å². The molecule has 0 amide bonds. The molecule has 1 aromatic carbocycles. The van der Waals surface area contributed by atoms with Crippen molar-refractivity contribution < 1.29 is 5.11 Å². The molecule has 1 N–H and O–H groups in total. The number of nitrogens with zero attached hydrogens (tertiary/aromatic N) is 2. The lowest BCUT2D eigenvalue weighted by Gasteiger charge is -2.11. The second kappa shape index (κ2) is 5.13. The van der Waals surface area contributed by atoms with Gasteiger partial charge in [0.15, 0.2) is 4.96 Å². The second-order valence-corrected chi connectivity index (χ2v) is 5.93. The van der Waals surface area contributed by atoms with Gasteiger partial charge in [-0.3, -0.25) is 4.40 Å². The third-order valence-corrected chi connectivity index (χ3v) is 4.21. The number of hydrogen-bond acceptors (Lipinski definition) is 3. The van der Waals surface area contributed by atoms with Gasteiger partial charge in [0, 0.05) is 39.8 Å². The van der Waals surface area contributed by atoms with Gasteiger partial charge in [0.2, 0.25) is 0 Å². The maximum atomic E-state index is 10.3. The predicted octanol–water partition coefficient (Wildman–Crippen LogP) is 3.98. The van der Waals surface area contributed by atoms with Gasteiger partial charge in [0.1, 0.15) is 0 Å². The molecule has 3 nitrogen and oxygen atoms in total. The standard InChI is InChI=1S/C13H10Cl2N2OS/c14-8-1-2-11(15)10(5-8)12(18)6-9-7-17-3-4-19-13(17)16-9/h1-5,7,12,18H,6H2. The summed E-state index contributed by atoms with van der Waals surface area (Å²) < 4.78 is 1.94. The van der Waals surface area contributed by atoms with Gasteiger partial charge in [-0.2, -0.15) is 0 Å². The minimum absolute atomic E-state index is 0.411. The Labute approximate surface area is 124 Å². The Bertz CT molecular complexity index is 694.